The standard InChI is InChI=1S/C19H21NO3/c1-22-17-10-8-16(14-18(17)23-2)9-11-19(21)20-13-12-15-6-4-3-5-7-15/h3-11,14H,12-13H2,1-2H3,(H,20,21)/b11-9+. The maximum absolute atomic E-state index is 11.8. The molecule has 0 aliphatic heterocycles. The molecular formula is C19H21NO3. The third-order valence-electron chi connectivity index (χ3n) is 3.39. The lowest BCUT2D eigenvalue weighted by molar-refractivity contribution is -0.116. The Balaban J connectivity index is 1.86. The van der Waals surface area contributed by atoms with E-state index in [0.717, 1.165) is 12.0 Å². The van der Waals surface area contributed by atoms with Crippen molar-refractivity contribution in [1.82, 2.24) is 5.32 Å². The van der Waals surface area contributed by atoms with Gasteiger partial charge < -0.3 is 14.8 Å². The number of rotatable bonds is 7. The summed E-state index contributed by atoms with van der Waals surface area (Å²) in [5.41, 5.74) is 2.08. The highest BCUT2D eigenvalue weighted by Gasteiger charge is 2.03. The van der Waals surface area contributed by atoms with Crippen LogP contribution in [-0.2, 0) is 11.2 Å². The molecule has 2 aromatic rings. The van der Waals surface area contributed by atoms with Crippen LogP contribution in [0.25, 0.3) is 6.08 Å². The Kier molecular flexibility index (Phi) is 6.24. The second-order valence-electron chi connectivity index (χ2n) is 4.97. The van der Waals surface area contributed by atoms with Gasteiger partial charge in [-0.15, -0.1) is 0 Å². The van der Waals surface area contributed by atoms with Crippen molar-refractivity contribution in [1.29, 1.82) is 0 Å². The minimum absolute atomic E-state index is 0.115. The Bertz CT molecular complexity index is 666. The van der Waals surface area contributed by atoms with E-state index in [-0.39, 0.29) is 5.91 Å². The molecular weight excluding hydrogens is 290 g/mol. The molecule has 2 rings (SSSR count). The summed E-state index contributed by atoms with van der Waals surface area (Å²) in [7, 11) is 3.18. The highest BCUT2D eigenvalue weighted by Crippen LogP contribution is 2.27. The Morgan fingerprint density at radius 1 is 1.04 bits per heavy atom. The van der Waals surface area contributed by atoms with Crippen molar-refractivity contribution in [2.45, 2.75) is 6.42 Å². The van der Waals surface area contributed by atoms with Gasteiger partial charge in [0, 0.05) is 12.6 Å². The van der Waals surface area contributed by atoms with Crippen LogP contribution < -0.4 is 14.8 Å². The van der Waals surface area contributed by atoms with Crippen molar-refractivity contribution in [3.05, 3.63) is 65.7 Å². The minimum atomic E-state index is -0.115. The number of hydrogen-bond acceptors (Lipinski definition) is 3. The summed E-state index contributed by atoms with van der Waals surface area (Å²) >= 11 is 0. The first-order valence-corrected chi connectivity index (χ1v) is 7.45. The van der Waals surface area contributed by atoms with Gasteiger partial charge in [-0.05, 0) is 35.8 Å². The third-order valence-corrected chi connectivity index (χ3v) is 3.39. The van der Waals surface area contributed by atoms with Gasteiger partial charge in [0.2, 0.25) is 5.91 Å². The van der Waals surface area contributed by atoms with Gasteiger partial charge in [0.25, 0.3) is 0 Å². The maximum atomic E-state index is 11.8. The van der Waals surface area contributed by atoms with Crippen molar-refractivity contribution in [2.75, 3.05) is 20.8 Å². The van der Waals surface area contributed by atoms with Crippen molar-refractivity contribution in [3.8, 4) is 11.5 Å². The van der Waals surface area contributed by atoms with Crippen LogP contribution in [0.4, 0.5) is 0 Å². The number of nitrogens with one attached hydrogen (secondary N) is 1. The number of ether oxygens (including phenoxy) is 2. The molecule has 0 bridgehead atoms. The first-order chi connectivity index (χ1) is 11.2. The minimum Gasteiger partial charge on any atom is -0.493 e. The zero-order chi connectivity index (χ0) is 16.5. The molecule has 0 unspecified atom stereocenters. The predicted molar refractivity (Wildman–Crippen MR) is 91.7 cm³/mol. The molecule has 0 saturated carbocycles. The molecule has 1 N–H and O–H groups in total. The molecule has 0 fully saturated rings. The summed E-state index contributed by atoms with van der Waals surface area (Å²) < 4.78 is 10.4. The fourth-order valence-electron chi connectivity index (χ4n) is 2.16. The van der Waals surface area contributed by atoms with Gasteiger partial charge in [0.1, 0.15) is 0 Å². The number of carbonyl (C=O) groups excluding carboxylic acids is 1. The molecule has 4 heteroatoms. The first kappa shape index (κ1) is 16.6. The SMILES string of the molecule is COc1ccc(/C=C/C(=O)NCCc2ccccc2)cc1OC. The van der Waals surface area contributed by atoms with Crippen LogP contribution in [0.2, 0.25) is 0 Å². The molecule has 0 radical (unpaired) electrons. The van der Waals surface area contributed by atoms with Gasteiger partial charge in [-0.3, -0.25) is 4.79 Å². The van der Waals surface area contributed by atoms with Gasteiger partial charge >= 0.3 is 0 Å². The van der Waals surface area contributed by atoms with Crippen LogP contribution in [0.5, 0.6) is 11.5 Å². The lowest BCUT2D eigenvalue weighted by Crippen LogP contribution is -2.23. The van der Waals surface area contributed by atoms with E-state index in [9.17, 15) is 4.79 Å². The monoisotopic (exact) mass is 311 g/mol. The van der Waals surface area contributed by atoms with Crippen molar-refractivity contribution in [3.63, 3.8) is 0 Å². The first-order valence-electron chi connectivity index (χ1n) is 7.45. The Morgan fingerprint density at radius 2 is 1.78 bits per heavy atom. The molecule has 2 aromatic carbocycles. The molecule has 1 amide bonds. The average Bonchev–Trinajstić information content (AvgIpc) is 2.60. The van der Waals surface area contributed by atoms with Gasteiger partial charge in [-0.25, -0.2) is 0 Å². The van der Waals surface area contributed by atoms with E-state index in [1.165, 1.54) is 11.6 Å². The van der Waals surface area contributed by atoms with Crippen molar-refractivity contribution >= 4 is 12.0 Å². The van der Waals surface area contributed by atoms with Crippen LogP contribution in [-0.4, -0.2) is 26.7 Å². The number of amides is 1. The van der Waals surface area contributed by atoms with E-state index >= 15 is 0 Å². The molecule has 0 heterocycles. The Labute approximate surface area is 136 Å². The van der Waals surface area contributed by atoms with Crippen LogP contribution in [0.15, 0.2) is 54.6 Å². The molecule has 4 nitrogen and oxygen atoms in total. The quantitative estimate of drug-likeness (QED) is 0.799. The molecule has 120 valence electrons. The zero-order valence-corrected chi connectivity index (χ0v) is 13.4. The Hall–Kier alpha value is -2.75. The van der Waals surface area contributed by atoms with E-state index in [2.05, 4.69) is 5.32 Å². The third kappa shape index (κ3) is 5.18. The summed E-state index contributed by atoms with van der Waals surface area (Å²) in [6.45, 7) is 0.610. The summed E-state index contributed by atoms with van der Waals surface area (Å²) in [5.74, 6) is 1.19. The number of hydrogen-bond donors (Lipinski definition) is 1. The van der Waals surface area contributed by atoms with Crippen molar-refractivity contribution in [2.24, 2.45) is 0 Å². The van der Waals surface area contributed by atoms with E-state index in [0.29, 0.717) is 18.0 Å². The van der Waals surface area contributed by atoms with Gasteiger partial charge in [0.15, 0.2) is 11.5 Å². The number of methoxy groups -OCH3 is 2. The fraction of sp³-hybridized carbons (Fsp3) is 0.211. The lowest BCUT2D eigenvalue weighted by atomic mass is 10.1. The molecule has 0 spiro atoms. The maximum Gasteiger partial charge on any atom is 0.244 e. The fourth-order valence-corrected chi connectivity index (χ4v) is 2.16. The molecule has 0 atom stereocenters. The molecule has 0 aromatic heterocycles. The lowest BCUT2D eigenvalue weighted by Gasteiger charge is -2.07. The van der Waals surface area contributed by atoms with E-state index in [1.54, 1.807) is 20.3 Å². The van der Waals surface area contributed by atoms with Gasteiger partial charge in [-0.1, -0.05) is 36.4 Å². The predicted octanol–water partition coefficient (Wildman–Crippen LogP) is 3.08. The largest absolute Gasteiger partial charge is 0.493 e. The summed E-state index contributed by atoms with van der Waals surface area (Å²) in [6, 6.07) is 15.6. The number of carbonyl (C=O) groups is 1. The van der Waals surface area contributed by atoms with Gasteiger partial charge in [0.05, 0.1) is 14.2 Å². The van der Waals surface area contributed by atoms with Gasteiger partial charge in [-0.2, -0.15) is 0 Å². The molecule has 0 aliphatic rings. The summed E-state index contributed by atoms with van der Waals surface area (Å²) in [6.07, 6.45) is 4.09. The van der Waals surface area contributed by atoms with E-state index in [1.807, 2.05) is 48.5 Å². The second-order valence-corrected chi connectivity index (χ2v) is 4.97. The highest BCUT2D eigenvalue weighted by atomic mass is 16.5. The zero-order valence-electron chi connectivity index (χ0n) is 13.4. The molecule has 23 heavy (non-hydrogen) atoms. The molecule has 0 aliphatic carbocycles. The van der Waals surface area contributed by atoms with E-state index < -0.39 is 0 Å². The average molecular weight is 311 g/mol. The Morgan fingerprint density at radius 3 is 2.48 bits per heavy atom. The summed E-state index contributed by atoms with van der Waals surface area (Å²) in [5, 5.41) is 2.87. The van der Waals surface area contributed by atoms with Crippen molar-refractivity contribution < 1.29 is 14.3 Å². The van der Waals surface area contributed by atoms with E-state index in [4.69, 9.17) is 9.47 Å². The topological polar surface area (TPSA) is 47.6 Å². The smallest absolute Gasteiger partial charge is 0.244 e. The van der Waals surface area contributed by atoms with Crippen LogP contribution in [0, 0.1) is 0 Å². The second kappa shape index (κ2) is 8.63. The summed E-state index contributed by atoms with van der Waals surface area (Å²) in [4.78, 5) is 11.8. The number of benzene rings is 2. The molecule has 0 saturated heterocycles. The normalized spacial score (nSPS) is 10.5. The highest BCUT2D eigenvalue weighted by molar-refractivity contribution is 5.91. The van der Waals surface area contributed by atoms with Crippen LogP contribution >= 0.6 is 0 Å². The van der Waals surface area contributed by atoms with Crippen LogP contribution in [0.3, 0.4) is 0 Å². The van der Waals surface area contributed by atoms with Crippen LogP contribution in [0.1, 0.15) is 11.1 Å².